The molecule has 0 aliphatic carbocycles. The summed E-state index contributed by atoms with van der Waals surface area (Å²) in [7, 11) is 0. The van der Waals surface area contributed by atoms with E-state index in [0.717, 1.165) is 46.2 Å². The number of benzene rings is 3. The van der Waals surface area contributed by atoms with Crippen molar-refractivity contribution in [3.63, 3.8) is 0 Å². The fourth-order valence-electron chi connectivity index (χ4n) is 5.17. The number of aromatic nitrogens is 3. The lowest BCUT2D eigenvalue weighted by Gasteiger charge is -2.17. The summed E-state index contributed by atoms with van der Waals surface area (Å²) in [6.45, 7) is 13.5. The minimum Gasteiger partial charge on any atom is -0.507 e. The van der Waals surface area contributed by atoms with Crippen LogP contribution in [0, 0.1) is 33.6 Å². The van der Waals surface area contributed by atoms with E-state index in [1.807, 2.05) is 38.1 Å². The summed E-state index contributed by atoms with van der Waals surface area (Å²) in [6.07, 6.45) is 3.81. The monoisotopic (exact) mass is 583 g/mol. The molecule has 228 valence electrons. The molecule has 0 saturated carbocycles. The third-order valence-corrected chi connectivity index (χ3v) is 7.74. The van der Waals surface area contributed by atoms with Crippen LogP contribution < -0.4 is 4.74 Å². The van der Waals surface area contributed by atoms with E-state index in [2.05, 4.69) is 39.8 Å². The molecule has 4 rings (SSSR count). The van der Waals surface area contributed by atoms with E-state index in [0.29, 0.717) is 41.3 Å². The number of unbranched alkanes of at least 4 members (excludes halogenated alkanes) is 1. The summed E-state index contributed by atoms with van der Waals surface area (Å²) >= 11 is 0. The predicted molar refractivity (Wildman–Crippen MR) is 172 cm³/mol. The first-order valence-corrected chi connectivity index (χ1v) is 15.3. The van der Waals surface area contributed by atoms with Crippen molar-refractivity contribution in [2.75, 3.05) is 19.8 Å². The SMILES string of the molecule is CCCC[C@H](CC)COC[C@H](O)COc1ccc(-c2nc(-c3ccc(C)cc3C)nc(-c3ccc(C)cc3C)n2)c(O)c1. The van der Waals surface area contributed by atoms with Crippen LogP contribution in [0.25, 0.3) is 34.2 Å². The summed E-state index contributed by atoms with van der Waals surface area (Å²) in [6, 6.07) is 17.3. The average molecular weight is 584 g/mol. The molecule has 3 aromatic carbocycles. The Kier molecular flexibility index (Phi) is 11.3. The van der Waals surface area contributed by atoms with E-state index in [9.17, 15) is 10.2 Å². The first kappa shape index (κ1) is 32.1. The Morgan fingerprint density at radius 1 is 0.698 bits per heavy atom. The number of aromatic hydroxyl groups is 1. The van der Waals surface area contributed by atoms with Crippen LogP contribution in [-0.4, -0.2) is 51.1 Å². The fourth-order valence-corrected chi connectivity index (χ4v) is 5.17. The Balaban J connectivity index is 1.55. The zero-order valence-electron chi connectivity index (χ0n) is 26.4. The molecule has 0 unspecified atom stereocenters. The molecule has 0 aliphatic rings. The zero-order valence-corrected chi connectivity index (χ0v) is 26.4. The maximum absolute atomic E-state index is 11.0. The molecule has 7 heteroatoms. The smallest absolute Gasteiger partial charge is 0.167 e. The van der Waals surface area contributed by atoms with Crippen molar-refractivity contribution in [1.29, 1.82) is 0 Å². The Hall–Kier alpha value is -3.81. The minimum atomic E-state index is -0.769. The second-order valence-corrected chi connectivity index (χ2v) is 11.5. The molecule has 2 N–H and O–H groups in total. The maximum Gasteiger partial charge on any atom is 0.167 e. The van der Waals surface area contributed by atoms with Crippen molar-refractivity contribution in [1.82, 2.24) is 15.0 Å². The molecule has 0 radical (unpaired) electrons. The molecule has 1 heterocycles. The molecule has 4 aromatic rings. The average Bonchev–Trinajstić information content (AvgIpc) is 2.97. The molecule has 0 aliphatic heterocycles. The second-order valence-electron chi connectivity index (χ2n) is 11.5. The standard InChI is InChI=1S/C36H45N3O4/c1-7-9-10-27(8-2)20-42-21-28(40)22-43-29-13-16-32(33(41)19-29)36-38-34(30-14-11-23(3)17-25(30)5)37-35(39-36)31-15-12-24(4)18-26(31)6/h11-19,27-28,40-41H,7-10,20-22H2,1-6H3/t27-,28-/m0/s1. The fraction of sp³-hybridized carbons (Fsp3) is 0.417. The Morgan fingerprint density at radius 2 is 1.26 bits per heavy atom. The molecule has 0 saturated heterocycles. The lowest BCUT2D eigenvalue weighted by molar-refractivity contribution is -0.00111. The van der Waals surface area contributed by atoms with E-state index in [1.165, 1.54) is 18.9 Å². The van der Waals surface area contributed by atoms with Gasteiger partial charge in [0.2, 0.25) is 0 Å². The molecule has 0 amide bonds. The van der Waals surface area contributed by atoms with Gasteiger partial charge in [-0.2, -0.15) is 0 Å². The van der Waals surface area contributed by atoms with Gasteiger partial charge in [-0.3, -0.25) is 0 Å². The van der Waals surface area contributed by atoms with Gasteiger partial charge in [-0.15, -0.1) is 0 Å². The first-order chi connectivity index (χ1) is 20.7. The maximum atomic E-state index is 11.0. The number of nitrogens with zero attached hydrogens (tertiary/aromatic N) is 3. The van der Waals surface area contributed by atoms with Crippen molar-refractivity contribution < 1.29 is 19.7 Å². The van der Waals surface area contributed by atoms with Crippen LogP contribution in [0.1, 0.15) is 61.8 Å². The summed E-state index contributed by atoms with van der Waals surface area (Å²) in [5.74, 6) is 2.38. The van der Waals surface area contributed by atoms with Crippen LogP contribution in [0.15, 0.2) is 54.6 Å². The van der Waals surface area contributed by atoms with Gasteiger partial charge >= 0.3 is 0 Å². The number of hydrogen-bond donors (Lipinski definition) is 2. The molecule has 7 nitrogen and oxygen atoms in total. The van der Waals surface area contributed by atoms with Crippen LogP contribution in [0.4, 0.5) is 0 Å². The lowest BCUT2D eigenvalue weighted by Crippen LogP contribution is -2.25. The molecular weight excluding hydrogens is 538 g/mol. The van der Waals surface area contributed by atoms with E-state index in [-0.39, 0.29) is 19.0 Å². The van der Waals surface area contributed by atoms with Gasteiger partial charge in [0.1, 0.15) is 24.2 Å². The number of aliphatic hydroxyl groups excluding tert-OH is 1. The van der Waals surface area contributed by atoms with Crippen molar-refractivity contribution in [3.05, 3.63) is 76.9 Å². The summed E-state index contributed by atoms with van der Waals surface area (Å²) in [5.41, 5.74) is 6.72. The van der Waals surface area contributed by atoms with Crippen molar-refractivity contribution in [2.24, 2.45) is 5.92 Å². The van der Waals surface area contributed by atoms with Crippen molar-refractivity contribution in [3.8, 4) is 45.7 Å². The highest BCUT2D eigenvalue weighted by molar-refractivity contribution is 5.72. The largest absolute Gasteiger partial charge is 0.507 e. The van der Waals surface area contributed by atoms with Crippen LogP contribution in [-0.2, 0) is 4.74 Å². The molecule has 0 fully saturated rings. The number of ether oxygens (including phenoxy) is 2. The normalized spacial score (nSPS) is 12.7. The van der Waals surface area contributed by atoms with Gasteiger partial charge in [0.15, 0.2) is 17.5 Å². The number of rotatable bonds is 14. The van der Waals surface area contributed by atoms with Gasteiger partial charge in [-0.1, -0.05) is 80.6 Å². The third kappa shape index (κ3) is 8.62. The summed E-state index contributed by atoms with van der Waals surface area (Å²) < 4.78 is 11.5. The highest BCUT2D eigenvalue weighted by atomic mass is 16.5. The van der Waals surface area contributed by atoms with Gasteiger partial charge in [0, 0.05) is 23.8 Å². The predicted octanol–water partition coefficient (Wildman–Crippen LogP) is 7.78. The van der Waals surface area contributed by atoms with Gasteiger partial charge in [-0.05, 0) is 63.3 Å². The number of aryl methyl sites for hydroxylation is 4. The van der Waals surface area contributed by atoms with Crippen LogP contribution in [0.3, 0.4) is 0 Å². The summed E-state index contributed by atoms with van der Waals surface area (Å²) in [4.78, 5) is 14.5. The minimum absolute atomic E-state index is 0.0192. The van der Waals surface area contributed by atoms with Crippen LogP contribution in [0.2, 0.25) is 0 Å². The highest BCUT2D eigenvalue weighted by Gasteiger charge is 2.18. The molecule has 1 aromatic heterocycles. The number of aliphatic hydroxyl groups is 1. The number of phenols is 1. The number of hydrogen-bond acceptors (Lipinski definition) is 7. The van der Waals surface area contributed by atoms with Crippen LogP contribution >= 0.6 is 0 Å². The van der Waals surface area contributed by atoms with E-state index < -0.39 is 6.10 Å². The van der Waals surface area contributed by atoms with E-state index in [4.69, 9.17) is 24.4 Å². The van der Waals surface area contributed by atoms with E-state index in [1.54, 1.807) is 12.1 Å². The van der Waals surface area contributed by atoms with Crippen molar-refractivity contribution >= 4 is 0 Å². The topological polar surface area (TPSA) is 97.6 Å². The molecule has 0 spiro atoms. The molecule has 43 heavy (non-hydrogen) atoms. The van der Waals surface area contributed by atoms with Gasteiger partial charge < -0.3 is 19.7 Å². The van der Waals surface area contributed by atoms with Crippen molar-refractivity contribution in [2.45, 2.75) is 73.3 Å². The highest BCUT2D eigenvalue weighted by Crippen LogP contribution is 2.34. The summed E-state index contributed by atoms with van der Waals surface area (Å²) in [5, 5.41) is 21.4. The number of phenolic OH excluding ortho intramolecular Hbond substituents is 1. The van der Waals surface area contributed by atoms with Gasteiger partial charge in [0.25, 0.3) is 0 Å². The lowest BCUT2D eigenvalue weighted by atomic mass is 10.0. The zero-order chi connectivity index (χ0) is 30.9. The molecular formula is C36H45N3O4. The first-order valence-electron chi connectivity index (χ1n) is 15.3. The molecule has 2 atom stereocenters. The second kappa shape index (κ2) is 15.1. The Morgan fingerprint density at radius 3 is 1.77 bits per heavy atom. The Bertz CT molecular complexity index is 1450. The quantitative estimate of drug-likeness (QED) is 0.156. The molecule has 0 bridgehead atoms. The third-order valence-electron chi connectivity index (χ3n) is 7.74. The van der Waals surface area contributed by atoms with Crippen LogP contribution in [0.5, 0.6) is 11.5 Å². The van der Waals surface area contributed by atoms with E-state index >= 15 is 0 Å². The Labute approximate surface area is 256 Å². The van der Waals surface area contributed by atoms with Gasteiger partial charge in [0.05, 0.1) is 12.2 Å². The van der Waals surface area contributed by atoms with Gasteiger partial charge in [-0.25, -0.2) is 15.0 Å².